The topological polar surface area (TPSA) is 51.1 Å². The average Bonchev–Trinajstić information content (AvgIpc) is 2.48. The SMILES string of the molecule is Fc1ccc(-c2nc(Cl)nc(N3CCOCC3)n2)cc1. The summed E-state index contributed by atoms with van der Waals surface area (Å²) >= 11 is 5.96. The van der Waals surface area contributed by atoms with E-state index < -0.39 is 0 Å². The number of morpholine rings is 1. The minimum atomic E-state index is -0.303. The van der Waals surface area contributed by atoms with Crippen LogP contribution in [0, 0.1) is 5.82 Å². The Balaban J connectivity index is 1.95. The lowest BCUT2D eigenvalue weighted by Gasteiger charge is -2.26. The first-order valence-corrected chi connectivity index (χ1v) is 6.60. The first-order valence-electron chi connectivity index (χ1n) is 6.22. The van der Waals surface area contributed by atoms with E-state index >= 15 is 0 Å². The van der Waals surface area contributed by atoms with Crippen LogP contribution >= 0.6 is 11.6 Å². The fraction of sp³-hybridized carbons (Fsp3) is 0.308. The molecular formula is C13H12ClFN4O. The van der Waals surface area contributed by atoms with E-state index in [1.807, 2.05) is 4.90 Å². The van der Waals surface area contributed by atoms with Crippen LogP contribution in [0.1, 0.15) is 0 Å². The van der Waals surface area contributed by atoms with Crippen LogP contribution in [0.2, 0.25) is 5.28 Å². The molecule has 0 atom stereocenters. The van der Waals surface area contributed by atoms with Crippen molar-refractivity contribution in [1.82, 2.24) is 15.0 Å². The van der Waals surface area contributed by atoms with Gasteiger partial charge in [0, 0.05) is 18.7 Å². The summed E-state index contributed by atoms with van der Waals surface area (Å²) in [5.74, 6) is 0.654. The highest BCUT2D eigenvalue weighted by molar-refractivity contribution is 6.28. The fourth-order valence-corrected chi connectivity index (χ4v) is 2.13. The predicted molar refractivity (Wildman–Crippen MR) is 73.3 cm³/mol. The normalized spacial score (nSPS) is 15.4. The van der Waals surface area contributed by atoms with Crippen LogP contribution in [0.4, 0.5) is 10.3 Å². The minimum Gasteiger partial charge on any atom is -0.378 e. The van der Waals surface area contributed by atoms with Gasteiger partial charge in [-0.05, 0) is 35.9 Å². The Bertz CT molecular complexity index is 602. The Kier molecular flexibility index (Phi) is 3.75. The monoisotopic (exact) mass is 294 g/mol. The fourth-order valence-electron chi connectivity index (χ4n) is 1.97. The zero-order valence-corrected chi connectivity index (χ0v) is 11.3. The number of hydrogen-bond donors (Lipinski definition) is 0. The maximum absolute atomic E-state index is 13.0. The number of benzene rings is 1. The van der Waals surface area contributed by atoms with E-state index in [-0.39, 0.29) is 11.1 Å². The highest BCUT2D eigenvalue weighted by Gasteiger charge is 2.16. The summed E-state index contributed by atoms with van der Waals surface area (Å²) < 4.78 is 18.2. The summed E-state index contributed by atoms with van der Waals surface area (Å²) in [7, 11) is 0. The van der Waals surface area contributed by atoms with Crippen molar-refractivity contribution in [2.45, 2.75) is 0 Å². The number of ether oxygens (including phenoxy) is 1. The number of halogens is 2. The van der Waals surface area contributed by atoms with Gasteiger partial charge in [0.15, 0.2) is 5.82 Å². The van der Waals surface area contributed by atoms with Gasteiger partial charge < -0.3 is 9.64 Å². The van der Waals surface area contributed by atoms with Gasteiger partial charge in [-0.2, -0.15) is 15.0 Å². The van der Waals surface area contributed by atoms with Crippen molar-refractivity contribution in [3.63, 3.8) is 0 Å². The third-order valence-electron chi connectivity index (χ3n) is 2.99. The largest absolute Gasteiger partial charge is 0.378 e. The first-order chi connectivity index (χ1) is 9.72. The van der Waals surface area contributed by atoms with Crippen molar-refractivity contribution < 1.29 is 9.13 Å². The molecule has 0 saturated carbocycles. The van der Waals surface area contributed by atoms with E-state index in [2.05, 4.69) is 15.0 Å². The van der Waals surface area contributed by atoms with E-state index in [1.54, 1.807) is 12.1 Å². The maximum Gasteiger partial charge on any atom is 0.230 e. The smallest absolute Gasteiger partial charge is 0.230 e. The molecule has 20 heavy (non-hydrogen) atoms. The van der Waals surface area contributed by atoms with E-state index in [4.69, 9.17) is 16.3 Å². The van der Waals surface area contributed by atoms with Crippen LogP contribution < -0.4 is 4.90 Å². The minimum absolute atomic E-state index is 0.126. The van der Waals surface area contributed by atoms with Crippen molar-refractivity contribution in [3.05, 3.63) is 35.4 Å². The van der Waals surface area contributed by atoms with Gasteiger partial charge in [-0.1, -0.05) is 0 Å². The van der Waals surface area contributed by atoms with E-state index in [0.29, 0.717) is 43.6 Å². The van der Waals surface area contributed by atoms with Crippen molar-refractivity contribution in [3.8, 4) is 11.4 Å². The molecular weight excluding hydrogens is 283 g/mol. The van der Waals surface area contributed by atoms with Gasteiger partial charge in [0.1, 0.15) is 5.82 Å². The predicted octanol–water partition coefficient (Wildman–Crippen LogP) is 2.17. The van der Waals surface area contributed by atoms with Gasteiger partial charge in [0.25, 0.3) is 0 Å². The molecule has 0 unspecified atom stereocenters. The van der Waals surface area contributed by atoms with Crippen molar-refractivity contribution in [2.24, 2.45) is 0 Å². The van der Waals surface area contributed by atoms with Gasteiger partial charge >= 0.3 is 0 Å². The molecule has 0 spiro atoms. The van der Waals surface area contributed by atoms with Crippen LogP contribution in [-0.4, -0.2) is 41.3 Å². The molecule has 0 aliphatic carbocycles. The Morgan fingerprint density at radius 1 is 1.05 bits per heavy atom. The number of anilines is 1. The van der Waals surface area contributed by atoms with Crippen LogP contribution in [-0.2, 0) is 4.74 Å². The molecule has 2 aromatic rings. The molecule has 0 radical (unpaired) electrons. The third-order valence-corrected chi connectivity index (χ3v) is 3.16. The molecule has 104 valence electrons. The van der Waals surface area contributed by atoms with Crippen LogP contribution in [0.15, 0.2) is 24.3 Å². The Hall–Kier alpha value is -1.79. The van der Waals surface area contributed by atoms with Crippen LogP contribution in [0.5, 0.6) is 0 Å². The van der Waals surface area contributed by atoms with Crippen molar-refractivity contribution in [2.75, 3.05) is 31.2 Å². The number of nitrogens with zero attached hydrogens (tertiary/aromatic N) is 4. The summed E-state index contributed by atoms with van der Waals surface area (Å²) in [6.07, 6.45) is 0. The average molecular weight is 295 g/mol. The Morgan fingerprint density at radius 3 is 2.45 bits per heavy atom. The molecule has 2 heterocycles. The summed E-state index contributed by atoms with van der Waals surface area (Å²) in [6, 6.07) is 5.96. The molecule has 1 aromatic carbocycles. The molecule has 7 heteroatoms. The van der Waals surface area contributed by atoms with Gasteiger partial charge in [-0.15, -0.1) is 0 Å². The molecule has 3 rings (SSSR count). The second kappa shape index (κ2) is 5.68. The molecule has 1 aromatic heterocycles. The first kappa shape index (κ1) is 13.2. The quantitative estimate of drug-likeness (QED) is 0.849. The second-order valence-corrected chi connectivity index (χ2v) is 4.67. The van der Waals surface area contributed by atoms with Crippen molar-refractivity contribution >= 4 is 17.5 Å². The molecule has 0 bridgehead atoms. The molecule has 5 nitrogen and oxygen atoms in total. The van der Waals surface area contributed by atoms with E-state index in [9.17, 15) is 4.39 Å². The lowest BCUT2D eigenvalue weighted by Crippen LogP contribution is -2.37. The van der Waals surface area contributed by atoms with Crippen LogP contribution in [0.3, 0.4) is 0 Å². The van der Waals surface area contributed by atoms with E-state index in [0.717, 1.165) is 0 Å². The summed E-state index contributed by atoms with van der Waals surface area (Å²) in [5.41, 5.74) is 0.699. The summed E-state index contributed by atoms with van der Waals surface area (Å²) in [5, 5.41) is 0.126. The number of rotatable bonds is 2. The highest BCUT2D eigenvalue weighted by atomic mass is 35.5. The van der Waals surface area contributed by atoms with Crippen molar-refractivity contribution in [1.29, 1.82) is 0 Å². The van der Waals surface area contributed by atoms with Crippen LogP contribution in [0.25, 0.3) is 11.4 Å². The Morgan fingerprint density at radius 2 is 1.75 bits per heavy atom. The maximum atomic E-state index is 13.0. The zero-order valence-electron chi connectivity index (χ0n) is 10.6. The molecule has 0 amide bonds. The Labute approximate surface area is 120 Å². The standard InChI is InChI=1S/C13H12ClFN4O/c14-12-16-11(9-1-3-10(15)4-2-9)17-13(18-12)19-5-7-20-8-6-19/h1-4H,5-8H2. The third kappa shape index (κ3) is 2.86. The number of hydrogen-bond acceptors (Lipinski definition) is 5. The molecule has 1 aliphatic rings. The van der Waals surface area contributed by atoms with Gasteiger partial charge in [0.2, 0.25) is 11.2 Å². The lowest BCUT2D eigenvalue weighted by atomic mass is 10.2. The summed E-state index contributed by atoms with van der Waals surface area (Å²) in [4.78, 5) is 14.6. The van der Waals surface area contributed by atoms with Gasteiger partial charge in [0.05, 0.1) is 13.2 Å². The molecule has 0 N–H and O–H groups in total. The number of aromatic nitrogens is 3. The van der Waals surface area contributed by atoms with E-state index in [1.165, 1.54) is 12.1 Å². The second-order valence-electron chi connectivity index (χ2n) is 4.33. The lowest BCUT2D eigenvalue weighted by molar-refractivity contribution is 0.122. The molecule has 1 fully saturated rings. The highest BCUT2D eigenvalue weighted by Crippen LogP contribution is 2.20. The summed E-state index contributed by atoms with van der Waals surface area (Å²) in [6.45, 7) is 2.69. The zero-order chi connectivity index (χ0) is 13.9. The van der Waals surface area contributed by atoms with Gasteiger partial charge in [-0.3, -0.25) is 0 Å². The van der Waals surface area contributed by atoms with Gasteiger partial charge in [-0.25, -0.2) is 4.39 Å². The molecule has 1 aliphatic heterocycles. The molecule has 1 saturated heterocycles.